The molecule has 0 bridgehead atoms. The van der Waals surface area contributed by atoms with Gasteiger partial charge >= 0.3 is 0 Å². The van der Waals surface area contributed by atoms with E-state index >= 15 is 0 Å². The van der Waals surface area contributed by atoms with E-state index in [0.717, 1.165) is 25.5 Å². The summed E-state index contributed by atoms with van der Waals surface area (Å²) in [6.45, 7) is 10.2. The maximum absolute atomic E-state index is 5.68. The fourth-order valence-corrected chi connectivity index (χ4v) is 2.73. The van der Waals surface area contributed by atoms with Crippen molar-refractivity contribution in [2.45, 2.75) is 64.5 Å². The Kier molecular flexibility index (Phi) is 7.54. The summed E-state index contributed by atoms with van der Waals surface area (Å²) in [7, 11) is 0. The Hall–Kier alpha value is -0.340. The van der Waals surface area contributed by atoms with Gasteiger partial charge in [-0.15, -0.1) is 6.58 Å². The first kappa shape index (κ1) is 14.7. The monoisotopic (exact) mass is 239 g/mol. The summed E-state index contributed by atoms with van der Waals surface area (Å²) in [4.78, 5) is 0. The van der Waals surface area contributed by atoms with E-state index in [1.165, 1.54) is 32.1 Å². The normalized spacial score (nSPS) is 26.0. The first-order valence-electron chi connectivity index (χ1n) is 7.23. The van der Waals surface area contributed by atoms with Gasteiger partial charge in [-0.2, -0.15) is 0 Å². The van der Waals surface area contributed by atoms with Gasteiger partial charge in [-0.05, 0) is 39.2 Å². The quantitative estimate of drug-likeness (QED) is 0.491. The number of hydrogen-bond acceptors (Lipinski definition) is 2. The highest BCUT2D eigenvalue weighted by Crippen LogP contribution is 2.25. The average molecular weight is 239 g/mol. The van der Waals surface area contributed by atoms with Gasteiger partial charge in [0.15, 0.2) is 0 Å². The standard InChI is InChI=1S/C15H29NO/c1-4-6-7-8-9-10-15(16-5-2)14-11-13(3)17-12-14/h4,13-16H,1,5-12H2,2-3H3. The number of unbranched alkanes of at least 4 members (excludes halogenated alkanes) is 3. The van der Waals surface area contributed by atoms with Crippen molar-refractivity contribution in [1.82, 2.24) is 5.32 Å². The van der Waals surface area contributed by atoms with E-state index in [1.54, 1.807) is 0 Å². The fourth-order valence-electron chi connectivity index (χ4n) is 2.73. The summed E-state index contributed by atoms with van der Waals surface area (Å²) in [6, 6.07) is 0.661. The van der Waals surface area contributed by atoms with E-state index in [1.807, 2.05) is 6.08 Å². The Bertz CT molecular complexity index is 205. The molecule has 0 radical (unpaired) electrons. The predicted octanol–water partition coefficient (Wildman–Crippen LogP) is 3.53. The summed E-state index contributed by atoms with van der Waals surface area (Å²) in [6.07, 6.45) is 10.1. The van der Waals surface area contributed by atoms with Crippen LogP contribution in [-0.2, 0) is 4.74 Å². The topological polar surface area (TPSA) is 21.3 Å². The van der Waals surface area contributed by atoms with Crippen LogP contribution < -0.4 is 5.32 Å². The van der Waals surface area contributed by atoms with E-state index in [4.69, 9.17) is 4.74 Å². The Labute approximate surface area is 107 Å². The van der Waals surface area contributed by atoms with Gasteiger partial charge in [0, 0.05) is 12.0 Å². The molecule has 1 rings (SSSR count). The van der Waals surface area contributed by atoms with E-state index in [0.29, 0.717) is 12.1 Å². The highest BCUT2D eigenvalue weighted by atomic mass is 16.5. The summed E-state index contributed by atoms with van der Waals surface area (Å²) in [5.41, 5.74) is 0. The molecule has 1 aliphatic rings. The molecule has 0 aromatic rings. The molecule has 1 aliphatic heterocycles. The molecule has 1 saturated heterocycles. The van der Waals surface area contributed by atoms with E-state index in [9.17, 15) is 0 Å². The Morgan fingerprint density at radius 3 is 2.82 bits per heavy atom. The van der Waals surface area contributed by atoms with Crippen molar-refractivity contribution in [3.8, 4) is 0 Å². The van der Waals surface area contributed by atoms with Crippen LogP contribution in [-0.4, -0.2) is 25.3 Å². The van der Waals surface area contributed by atoms with Gasteiger partial charge in [-0.1, -0.05) is 25.8 Å². The second kappa shape index (κ2) is 8.71. The van der Waals surface area contributed by atoms with Gasteiger partial charge in [0.2, 0.25) is 0 Å². The number of ether oxygens (including phenoxy) is 1. The Morgan fingerprint density at radius 2 is 2.24 bits per heavy atom. The van der Waals surface area contributed by atoms with Crippen LogP contribution in [0.5, 0.6) is 0 Å². The van der Waals surface area contributed by atoms with Gasteiger partial charge in [0.05, 0.1) is 12.7 Å². The highest BCUT2D eigenvalue weighted by molar-refractivity contribution is 4.82. The average Bonchev–Trinajstić information content (AvgIpc) is 2.74. The van der Waals surface area contributed by atoms with Crippen molar-refractivity contribution in [3.05, 3.63) is 12.7 Å². The summed E-state index contributed by atoms with van der Waals surface area (Å²) in [5, 5.41) is 3.64. The van der Waals surface area contributed by atoms with Crippen LogP contribution in [0.4, 0.5) is 0 Å². The third kappa shape index (κ3) is 5.69. The van der Waals surface area contributed by atoms with E-state index < -0.39 is 0 Å². The number of rotatable bonds is 9. The second-order valence-corrected chi connectivity index (χ2v) is 5.23. The summed E-state index contributed by atoms with van der Waals surface area (Å²) < 4.78 is 5.68. The summed E-state index contributed by atoms with van der Waals surface area (Å²) >= 11 is 0. The van der Waals surface area contributed by atoms with Gasteiger partial charge in [0.25, 0.3) is 0 Å². The first-order valence-corrected chi connectivity index (χ1v) is 7.23. The molecule has 100 valence electrons. The molecule has 17 heavy (non-hydrogen) atoms. The molecule has 3 unspecified atom stereocenters. The lowest BCUT2D eigenvalue weighted by Crippen LogP contribution is -2.36. The zero-order chi connectivity index (χ0) is 12.5. The van der Waals surface area contributed by atoms with Crippen molar-refractivity contribution < 1.29 is 4.74 Å². The Balaban J connectivity index is 2.20. The van der Waals surface area contributed by atoms with Crippen LogP contribution >= 0.6 is 0 Å². The van der Waals surface area contributed by atoms with E-state index in [-0.39, 0.29) is 0 Å². The van der Waals surface area contributed by atoms with Crippen LogP contribution in [0.2, 0.25) is 0 Å². The van der Waals surface area contributed by atoms with Crippen molar-refractivity contribution in [2.75, 3.05) is 13.2 Å². The molecule has 0 aliphatic carbocycles. The zero-order valence-electron chi connectivity index (χ0n) is 11.6. The van der Waals surface area contributed by atoms with Crippen molar-refractivity contribution >= 4 is 0 Å². The maximum atomic E-state index is 5.68. The van der Waals surface area contributed by atoms with Crippen LogP contribution in [0.1, 0.15) is 52.4 Å². The minimum Gasteiger partial charge on any atom is -0.378 e. The third-order valence-corrected chi connectivity index (χ3v) is 3.69. The second-order valence-electron chi connectivity index (χ2n) is 5.23. The number of hydrogen-bond donors (Lipinski definition) is 1. The first-order chi connectivity index (χ1) is 8.27. The van der Waals surface area contributed by atoms with Gasteiger partial charge in [-0.3, -0.25) is 0 Å². The maximum Gasteiger partial charge on any atom is 0.0551 e. The van der Waals surface area contributed by atoms with Crippen molar-refractivity contribution in [2.24, 2.45) is 5.92 Å². The Morgan fingerprint density at radius 1 is 1.41 bits per heavy atom. The van der Waals surface area contributed by atoms with Crippen LogP contribution in [0.3, 0.4) is 0 Å². The van der Waals surface area contributed by atoms with Crippen LogP contribution in [0.15, 0.2) is 12.7 Å². The molecule has 0 spiro atoms. The zero-order valence-corrected chi connectivity index (χ0v) is 11.6. The van der Waals surface area contributed by atoms with Gasteiger partial charge < -0.3 is 10.1 Å². The molecule has 0 saturated carbocycles. The largest absolute Gasteiger partial charge is 0.378 e. The molecule has 2 nitrogen and oxygen atoms in total. The highest BCUT2D eigenvalue weighted by Gasteiger charge is 2.28. The van der Waals surface area contributed by atoms with Crippen LogP contribution in [0, 0.1) is 5.92 Å². The molecule has 0 amide bonds. The SMILES string of the molecule is C=CCCCCCC(NCC)C1COC(C)C1. The molecular weight excluding hydrogens is 210 g/mol. The molecule has 1 heterocycles. The fraction of sp³-hybridized carbons (Fsp3) is 0.867. The number of allylic oxidation sites excluding steroid dienone is 1. The lowest BCUT2D eigenvalue weighted by atomic mass is 9.92. The molecule has 0 aromatic heterocycles. The van der Waals surface area contributed by atoms with Crippen molar-refractivity contribution in [1.29, 1.82) is 0 Å². The van der Waals surface area contributed by atoms with Gasteiger partial charge in [-0.25, -0.2) is 0 Å². The molecule has 1 N–H and O–H groups in total. The summed E-state index contributed by atoms with van der Waals surface area (Å²) in [5.74, 6) is 0.726. The molecule has 2 heteroatoms. The molecular formula is C15H29NO. The molecule has 1 fully saturated rings. The third-order valence-electron chi connectivity index (χ3n) is 3.69. The van der Waals surface area contributed by atoms with E-state index in [2.05, 4.69) is 25.7 Å². The lowest BCUT2D eigenvalue weighted by Gasteiger charge is -2.23. The predicted molar refractivity (Wildman–Crippen MR) is 74.3 cm³/mol. The van der Waals surface area contributed by atoms with Crippen molar-refractivity contribution in [3.63, 3.8) is 0 Å². The van der Waals surface area contributed by atoms with Crippen LogP contribution in [0.25, 0.3) is 0 Å². The minimum absolute atomic E-state index is 0.460. The van der Waals surface area contributed by atoms with Gasteiger partial charge in [0.1, 0.15) is 0 Å². The molecule has 3 atom stereocenters. The smallest absolute Gasteiger partial charge is 0.0551 e. The molecule has 0 aromatic carbocycles. The lowest BCUT2D eigenvalue weighted by molar-refractivity contribution is 0.116. The minimum atomic E-state index is 0.460. The number of nitrogens with one attached hydrogen (secondary N) is 1.